The van der Waals surface area contributed by atoms with Crippen LogP contribution in [0, 0.1) is 0 Å². The normalized spacial score (nSPS) is 20.4. The van der Waals surface area contributed by atoms with Crippen molar-refractivity contribution in [2.45, 2.75) is 25.1 Å². The van der Waals surface area contributed by atoms with Crippen LogP contribution in [0.15, 0.2) is 33.9 Å². The van der Waals surface area contributed by atoms with Gasteiger partial charge in [0.05, 0.1) is 5.02 Å². The maximum absolute atomic E-state index is 13.4. The molecule has 2 saturated heterocycles. The van der Waals surface area contributed by atoms with Gasteiger partial charge < -0.3 is 9.80 Å². The number of rotatable bonds is 3. The van der Waals surface area contributed by atoms with Crippen LogP contribution in [0.2, 0.25) is 5.02 Å². The van der Waals surface area contributed by atoms with E-state index in [4.69, 9.17) is 11.6 Å². The van der Waals surface area contributed by atoms with Crippen molar-refractivity contribution < 1.29 is 18.0 Å². The van der Waals surface area contributed by atoms with Crippen LogP contribution in [0.3, 0.4) is 0 Å². The lowest BCUT2D eigenvalue weighted by molar-refractivity contribution is -0.116. The Morgan fingerprint density at radius 3 is 2.39 bits per heavy atom. The first kappa shape index (κ1) is 21.6. The van der Waals surface area contributed by atoms with Crippen molar-refractivity contribution in [1.82, 2.24) is 14.7 Å². The van der Waals surface area contributed by atoms with Crippen molar-refractivity contribution in [2.24, 2.45) is 0 Å². The molecule has 1 saturated carbocycles. The maximum Gasteiger partial charge on any atom is 0.431 e. The van der Waals surface area contributed by atoms with E-state index in [2.05, 4.69) is 20.8 Å². The molecule has 1 aliphatic carbocycles. The standard InChI is InChI=1S/C21H20BrClF3N3OS/c22-13-3-4-15-16(9-13)31-18(17(15)23)20(30)29-10-14(11-29)27-5-7-28(8-6-27)19(12-1-2-12)21(24,25)26/h3-4,9,14H,1-2,5-8,10-11H2. The van der Waals surface area contributed by atoms with E-state index in [1.54, 1.807) is 4.90 Å². The van der Waals surface area contributed by atoms with E-state index in [0.717, 1.165) is 14.6 Å². The first-order valence-corrected chi connectivity index (χ1v) is 12.2. The molecule has 3 fully saturated rings. The number of amides is 1. The predicted molar refractivity (Wildman–Crippen MR) is 120 cm³/mol. The average molecular weight is 535 g/mol. The minimum absolute atomic E-state index is 0.0740. The molecular weight excluding hydrogens is 515 g/mol. The number of nitrogens with zero attached hydrogens (tertiary/aromatic N) is 3. The summed E-state index contributed by atoms with van der Waals surface area (Å²) in [7, 11) is 0. The van der Waals surface area contributed by atoms with Crippen molar-refractivity contribution >= 4 is 54.9 Å². The predicted octanol–water partition coefficient (Wildman–Crippen LogP) is 5.37. The van der Waals surface area contributed by atoms with Crippen LogP contribution < -0.4 is 0 Å². The van der Waals surface area contributed by atoms with E-state index in [1.165, 1.54) is 16.2 Å². The molecule has 0 N–H and O–H groups in total. The van der Waals surface area contributed by atoms with E-state index in [0.29, 0.717) is 67.6 Å². The van der Waals surface area contributed by atoms with E-state index in [-0.39, 0.29) is 11.9 Å². The molecule has 1 aromatic carbocycles. The lowest BCUT2D eigenvalue weighted by Gasteiger charge is -2.48. The Kier molecular flexibility index (Phi) is 5.52. The van der Waals surface area contributed by atoms with Crippen LogP contribution >= 0.6 is 38.9 Å². The van der Waals surface area contributed by atoms with Crippen molar-refractivity contribution in [3.05, 3.63) is 43.8 Å². The number of hydrogen-bond donors (Lipinski definition) is 0. The Morgan fingerprint density at radius 1 is 1.10 bits per heavy atom. The molecule has 0 spiro atoms. The fraction of sp³-hybridized carbons (Fsp3) is 0.476. The van der Waals surface area contributed by atoms with Gasteiger partial charge in [-0.25, -0.2) is 0 Å². The largest absolute Gasteiger partial charge is 0.431 e. The molecule has 2 aromatic rings. The summed E-state index contributed by atoms with van der Waals surface area (Å²) in [5.41, 5.74) is 0.122. The Hall–Kier alpha value is -1.29. The number of allylic oxidation sites excluding steroid dienone is 2. The van der Waals surface area contributed by atoms with E-state index >= 15 is 0 Å². The van der Waals surface area contributed by atoms with Crippen LogP contribution in [0.1, 0.15) is 22.5 Å². The van der Waals surface area contributed by atoms with Crippen LogP contribution in [0.25, 0.3) is 10.1 Å². The number of carbonyl (C=O) groups excluding carboxylic acids is 1. The summed E-state index contributed by atoms with van der Waals surface area (Å²) >= 11 is 11.3. The molecule has 4 nitrogen and oxygen atoms in total. The number of thiophene rings is 1. The second-order valence-corrected chi connectivity index (χ2v) is 10.6. The number of fused-ring (bicyclic) bond motifs is 1. The quantitative estimate of drug-likeness (QED) is 0.530. The van der Waals surface area contributed by atoms with Gasteiger partial charge in [0.15, 0.2) is 0 Å². The minimum Gasteiger partial charge on any atom is -0.365 e. The van der Waals surface area contributed by atoms with E-state index in [9.17, 15) is 18.0 Å². The molecule has 5 rings (SSSR count). The van der Waals surface area contributed by atoms with Crippen LogP contribution in [0.5, 0.6) is 0 Å². The second-order valence-electron chi connectivity index (χ2n) is 8.22. The lowest BCUT2D eigenvalue weighted by atomic mass is 10.1. The lowest BCUT2D eigenvalue weighted by Crippen LogP contribution is -2.64. The number of benzene rings is 1. The van der Waals surface area contributed by atoms with Crippen molar-refractivity contribution in [3.63, 3.8) is 0 Å². The highest BCUT2D eigenvalue weighted by Crippen LogP contribution is 2.42. The van der Waals surface area contributed by atoms with Crippen molar-refractivity contribution in [3.8, 4) is 0 Å². The highest BCUT2D eigenvalue weighted by Gasteiger charge is 2.44. The Labute approximate surface area is 195 Å². The molecule has 0 unspecified atom stereocenters. The van der Waals surface area contributed by atoms with E-state index in [1.807, 2.05) is 18.2 Å². The number of alkyl halides is 3. The fourth-order valence-corrected chi connectivity index (χ4v) is 6.42. The summed E-state index contributed by atoms with van der Waals surface area (Å²) in [5.74, 6) is -0.0740. The zero-order valence-electron chi connectivity index (χ0n) is 16.5. The molecule has 10 heteroatoms. The summed E-state index contributed by atoms with van der Waals surface area (Å²) in [4.78, 5) is 19.0. The van der Waals surface area contributed by atoms with Gasteiger partial charge in [0.2, 0.25) is 0 Å². The first-order chi connectivity index (χ1) is 14.7. The van der Waals surface area contributed by atoms with Crippen LogP contribution in [-0.4, -0.2) is 72.1 Å². The topological polar surface area (TPSA) is 26.8 Å². The smallest absolute Gasteiger partial charge is 0.365 e. The molecule has 166 valence electrons. The Bertz CT molecular complexity index is 1070. The molecule has 3 aliphatic rings. The van der Waals surface area contributed by atoms with Gasteiger partial charge >= 0.3 is 6.18 Å². The number of piperazine rings is 1. The van der Waals surface area contributed by atoms with Gasteiger partial charge in [0.25, 0.3) is 5.91 Å². The third-order valence-electron chi connectivity index (χ3n) is 6.19. The number of hydrogen-bond acceptors (Lipinski definition) is 4. The third-order valence-corrected chi connectivity index (χ3v) is 8.32. The maximum atomic E-state index is 13.4. The van der Waals surface area contributed by atoms with Gasteiger partial charge in [-0.15, -0.1) is 11.3 Å². The van der Waals surface area contributed by atoms with Crippen LogP contribution in [0.4, 0.5) is 13.2 Å². The highest BCUT2D eigenvalue weighted by atomic mass is 79.9. The summed E-state index contributed by atoms with van der Waals surface area (Å²) in [6.07, 6.45) is -3.15. The molecule has 0 bridgehead atoms. The number of halogens is 5. The summed E-state index contributed by atoms with van der Waals surface area (Å²) < 4.78 is 42.1. The van der Waals surface area contributed by atoms with E-state index < -0.39 is 11.9 Å². The highest BCUT2D eigenvalue weighted by molar-refractivity contribution is 9.10. The zero-order chi connectivity index (χ0) is 21.9. The number of carbonyl (C=O) groups is 1. The monoisotopic (exact) mass is 533 g/mol. The molecule has 0 radical (unpaired) electrons. The fourth-order valence-electron chi connectivity index (χ4n) is 4.39. The molecule has 1 aromatic heterocycles. The minimum atomic E-state index is -4.27. The van der Waals surface area contributed by atoms with Gasteiger partial charge in [-0.3, -0.25) is 9.69 Å². The SMILES string of the molecule is O=C(c1sc2cc(Br)ccc2c1Cl)N1CC(N2CCN(C(=C3CC3)C(F)(F)F)CC2)C1. The summed E-state index contributed by atoms with van der Waals surface area (Å²) in [6, 6.07) is 5.95. The average Bonchev–Trinajstić information content (AvgIpc) is 3.44. The summed E-state index contributed by atoms with van der Waals surface area (Å²) in [5, 5.41) is 1.36. The second kappa shape index (κ2) is 7.93. The zero-order valence-corrected chi connectivity index (χ0v) is 19.7. The van der Waals surface area contributed by atoms with Gasteiger partial charge in [-0.05, 0) is 30.5 Å². The van der Waals surface area contributed by atoms with Gasteiger partial charge in [-0.1, -0.05) is 33.6 Å². The van der Waals surface area contributed by atoms with Crippen LogP contribution in [-0.2, 0) is 0 Å². The summed E-state index contributed by atoms with van der Waals surface area (Å²) in [6.45, 7) is 3.08. The molecule has 2 aliphatic heterocycles. The molecular formula is C21H20BrClF3N3OS. The third kappa shape index (κ3) is 4.10. The molecule has 1 amide bonds. The number of likely N-dealkylation sites (tertiary alicyclic amines) is 1. The molecule has 3 heterocycles. The van der Waals surface area contributed by atoms with Crippen molar-refractivity contribution in [1.29, 1.82) is 0 Å². The molecule has 31 heavy (non-hydrogen) atoms. The van der Waals surface area contributed by atoms with Crippen molar-refractivity contribution in [2.75, 3.05) is 39.3 Å². The Balaban J connectivity index is 1.19. The van der Waals surface area contributed by atoms with Gasteiger partial charge in [0, 0.05) is 59.9 Å². The first-order valence-electron chi connectivity index (χ1n) is 10.2. The molecule has 0 atom stereocenters. The van der Waals surface area contributed by atoms with Gasteiger partial charge in [0.1, 0.15) is 10.6 Å². The van der Waals surface area contributed by atoms with Gasteiger partial charge in [-0.2, -0.15) is 13.2 Å². The Morgan fingerprint density at radius 2 is 1.77 bits per heavy atom.